The number of hydrogen-bond acceptors (Lipinski definition) is 3. The number of nitrogens with one attached hydrogen (secondary N) is 2. The quantitative estimate of drug-likeness (QED) is 0.740. The zero-order valence-electron chi connectivity index (χ0n) is 14.7. The summed E-state index contributed by atoms with van der Waals surface area (Å²) in [5, 5.41) is 0. The number of hydrazine groups is 1. The molecule has 0 aromatic heterocycles. The van der Waals surface area contributed by atoms with E-state index >= 15 is 0 Å². The minimum absolute atomic E-state index is 0.196. The van der Waals surface area contributed by atoms with Crippen molar-refractivity contribution in [1.29, 1.82) is 0 Å². The van der Waals surface area contributed by atoms with Crippen molar-refractivity contribution in [3.05, 3.63) is 30.1 Å². The smallest absolute Gasteiger partial charge is 0.279 e. The van der Waals surface area contributed by atoms with Crippen molar-refractivity contribution in [3.63, 3.8) is 0 Å². The van der Waals surface area contributed by atoms with Gasteiger partial charge in [0, 0.05) is 6.42 Å². The topological polar surface area (TPSA) is 67.4 Å². The normalized spacial score (nSPS) is 16.1. The lowest BCUT2D eigenvalue weighted by atomic mass is 9.86. The molecule has 1 aliphatic carbocycles. The second-order valence-corrected chi connectivity index (χ2v) is 6.65. The first-order valence-corrected chi connectivity index (χ1v) is 9.05. The molecule has 2 N–H and O–H groups in total. The van der Waals surface area contributed by atoms with Gasteiger partial charge in [-0.25, -0.2) is 4.39 Å². The van der Waals surface area contributed by atoms with E-state index in [0.717, 1.165) is 18.8 Å². The maximum absolute atomic E-state index is 12.8. The first kappa shape index (κ1) is 19.2. The highest BCUT2D eigenvalue weighted by Crippen LogP contribution is 2.27. The SMILES string of the molecule is C[C@H](Oc1ccc(F)cc1)C(=O)NNC(=O)CCCC1CCCCC1. The number of rotatable bonds is 7. The van der Waals surface area contributed by atoms with Crippen LogP contribution in [0.15, 0.2) is 24.3 Å². The first-order valence-electron chi connectivity index (χ1n) is 9.05. The fourth-order valence-electron chi connectivity index (χ4n) is 3.09. The molecule has 2 rings (SSSR count). The van der Waals surface area contributed by atoms with E-state index in [-0.39, 0.29) is 11.7 Å². The van der Waals surface area contributed by atoms with Crippen LogP contribution >= 0.6 is 0 Å². The van der Waals surface area contributed by atoms with Gasteiger partial charge in [0.25, 0.3) is 5.91 Å². The zero-order valence-corrected chi connectivity index (χ0v) is 14.7. The summed E-state index contributed by atoms with van der Waals surface area (Å²) in [6.45, 7) is 1.56. The fourth-order valence-corrected chi connectivity index (χ4v) is 3.09. The average Bonchev–Trinajstić information content (AvgIpc) is 2.62. The molecule has 5 nitrogen and oxygen atoms in total. The fraction of sp³-hybridized carbons (Fsp3) is 0.579. The van der Waals surface area contributed by atoms with Gasteiger partial charge in [0.05, 0.1) is 0 Å². The van der Waals surface area contributed by atoms with Crippen LogP contribution in [0.2, 0.25) is 0 Å². The van der Waals surface area contributed by atoms with Crippen molar-refractivity contribution in [1.82, 2.24) is 10.9 Å². The Bertz CT molecular complexity index is 556. The van der Waals surface area contributed by atoms with Crippen LogP contribution in [0.25, 0.3) is 0 Å². The van der Waals surface area contributed by atoms with Gasteiger partial charge >= 0.3 is 0 Å². The number of hydrogen-bond donors (Lipinski definition) is 2. The Morgan fingerprint density at radius 1 is 1.16 bits per heavy atom. The number of carbonyl (C=O) groups excluding carboxylic acids is 2. The second kappa shape index (κ2) is 10.0. The highest BCUT2D eigenvalue weighted by molar-refractivity contribution is 5.84. The minimum atomic E-state index is -0.798. The lowest BCUT2D eigenvalue weighted by Crippen LogP contribution is -2.47. The van der Waals surface area contributed by atoms with Gasteiger partial charge in [-0.05, 0) is 49.9 Å². The van der Waals surface area contributed by atoms with E-state index in [4.69, 9.17) is 4.74 Å². The van der Waals surface area contributed by atoms with Crippen LogP contribution in [0.3, 0.4) is 0 Å². The van der Waals surface area contributed by atoms with Gasteiger partial charge in [0.15, 0.2) is 6.10 Å². The van der Waals surface area contributed by atoms with Crippen LogP contribution in [0.4, 0.5) is 4.39 Å². The highest BCUT2D eigenvalue weighted by Gasteiger charge is 2.16. The summed E-state index contributed by atoms with van der Waals surface area (Å²) in [5.41, 5.74) is 4.78. The van der Waals surface area contributed by atoms with Crippen LogP contribution in [0.5, 0.6) is 5.75 Å². The standard InChI is InChI=1S/C19H27FN2O3/c1-14(25-17-12-10-16(20)11-13-17)19(24)22-21-18(23)9-5-8-15-6-3-2-4-7-15/h10-15H,2-9H2,1H3,(H,21,23)(H,22,24)/t14-/m0/s1. The number of carbonyl (C=O) groups is 2. The number of ether oxygens (including phenoxy) is 1. The first-order chi connectivity index (χ1) is 12.0. The number of benzene rings is 1. The Morgan fingerprint density at radius 3 is 2.52 bits per heavy atom. The van der Waals surface area contributed by atoms with Gasteiger partial charge in [0.2, 0.25) is 5.91 Å². The molecular formula is C19H27FN2O3. The van der Waals surface area contributed by atoms with Crippen LogP contribution in [0.1, 0.15) is 58.3 Å². The molecule has 1 saturated carbocycles. The van der Waals surface area contributed by atoms with E-state index in [1.165, 1.54) is 56.4 Å². The third-order valence-corrected chi connectivity index (χ3v) is 4.56. The van der Waals surface area contributed by atoms with Crippen LogP contribution in [-0.4, -0.2) is 17.9 Å². The molecule has 0 saturated heterocycles. The van der Waals surface area contributed by atoms with Crippen molar-refractivity contribution < 1.29 is 18.7 Å². The molecule has 1 aromatic carbocycles. The van der Waals surface area contributed by atoms with E-state index in [0.29, 0.717) is 12.2 Å². The molecule has 1 fully saturated rings. The lowest BCUT2D eigenvalue weighted by molar-refractivity contribution is -0.132. The number of amides is 2. The van der Waals surface area contributed by atoms with Gasteiger partial charge in [-0.3, -0.25) is 20.4 Å². The zero-order chi connectivity index (χ0) is 18.1. The summed E-state index contributed by atoms with van der Waals surface area (Å²) < 4.78 is 18.2. The van der Waals surface area contributed by atoms with Crippen molar-refractivity contribution >= 4 is 11.8 Å². The van der Waals surface area contributed by atoms with Gasteiger partial charge in [-0.2, -0.15) is 0 Å². The molecule has 1 atom stereocenters. The number of halogens is 1. The van der Waals surface area contributed by atoms with E-state index in [1.54, 1.807) is 6.92 Å². The molecule has 1 aromatic rings. The Hall–Kier alpha value is -2.11. The molecule has 138 valence electrons. The predicted octanol–water partition coefficient (Wildman–Crippen LogP) is 3.49. The van der Waals surface area contributed by atoms with Crippen LogP contribution < -0.4 is 15.6 Å². The van der Waals surface area contributed by atoms with E-state index in [2.05, 4.69) is 10.9 Å². The van der Waals surface area contributed by atoms with Gasteiger partial charge in [-0.15, -0.1) is 0 Å². The molecule has 0 spiro atoms. The molecule has 0 unspecified atom stereocenters. The molecule has 1 aliphatic rings. The van der Waals surface area contributed by atoms with E-state index in [9.17, 15) is 14.0 Å². The predicted molar refractivity (Wildman–Crippen MR) is 93.2 cm³/mol. The molecular weight excluding hydrogens is 323 g/mol. The molecule has 0 aliphatic heterocycles. The second-order valence-electron chi connectivity index (χ2n) is 6.65. The Labute approximate surface area is 148 Å². The van der Waals surface area contributed by atoms with E-state index < -0.39 is 12.0 Å². The molecule has 0 radical (unpaired) electrons. The summed E-state index contributed by atoms with van der Waals surface area (Å²) >= 11 is 0. The Morgan fingerprint density at radius 2 is 1.84 bits per heavy atom. The van der Waals surface area contributed by atoms with Gasteiger partial charge in [0.1, 0.15) is 11.6 Å². The minimum Gasteiger partial charge on any atom is -0.481 e. The summed E-state index contributed by atoms with van der Waals surface area (Å²) in [4.78, 5) is 23.7. The third-order valence-electron chi connectivity index (χ3n) is 4.56. The van der Waals surface area contributed by atoms with Crippen molar-refractivity contribution in [2.45, 2.75) is 64.4 Å². The highest BCUT2D eigenvalue weighted by atomic mass is 19.1. The summed E-state index contributed by atoms with van der Waals surface area (Å²) in [6.07, 6.45) is 8.02. The summed E-state index contributed by atoms with van der Waals surface area (Å²) in [5.74, 6) is 0.121. The summed E-state index contributed by atoms with van der Waals surface area (Å²) in [7, 11) is 0. The van der Waals surface area contributed by atoms with Crippen LogP contribution in [0, 0.1) is 11.7 Å². The molecule has 0 bridgehead atoms. The van der Waals surface area contributed by atoms with Crippen molar-refractivity contribution in [2.24, 2.45) is 5.92 Å². The molecule has 0 heterocycles. The maximum atomic E-state index is 12.8. The molecule has 25 heavy (non-hydrogen) atoms. The van der Waals surface area contributed by atoms with Crippen molar-refractivity contribution in [2.75, 3.05) is 0 Å². The van der Waals surface area contributed by atoms with E-state index in [1.807, 2.05) is 0 Å². The average molecular weight is 350 g/mol. The largest absolute Gasteiger partial charge is 0.481 e. The molecule has 6 heteroatoms. The Kier molecular flexibility index (Phi) is 7.70. The van der Waals surface area contributed by atoms with Gasteiger partial charge < -0.3 is 4.74 Å². The maximum Gasteiger partial charge on any atom is 0.279 e. The van der Waals surface area contributed by atoms with Gasteiger partial charge in [-0.1, -0.05) is 32.1 Å². The van der Waals surface area contributed by atoms with Crippen molar-refractivity contribution in [3.8, 4) is 5.75 Å². The monoisotopic (exact) mass is 350 g/mol. The van der Waals surface area contributed by atoms with Crippen LogP contribution in [-0.2, 0) is 9.59 Å². The lowest BCUT2D eigenvalue weighted by Gasteiger charge is -2.21. The molecule has 2 amide bonds. The Balaban J connectivity index is 1.61. The third kappa shape index (κ3) is 7.11. The summed E-state index contributed by atoms with van der Waals surface area (Å²) in [6, 6.07) is 5.41.